The summed E-state index contributed by atoms with van der Waals surface area (Å²) in [5.41, 5.74) is 1.40. The molecular formula is C23H42O. The predicted molar refractivity (Wildman–Crippen MR) is 107 cm³/mol. The normalized spacial score (nSPS) is 18.7. The lowest BCUT2D eigenvalue weighted by atomic mass is 9.95. The molecule has 0 aromatic rings. The lowest BCUT2D eigenvalue weighted by Crippen LogP contribution is -2.28. The average molecular weight is 335 g/mol. The molecule has 140 valence electrons. The highest BCUT2D eigenvalue weighted by molar-refractivity contribution is 5.35. The minimum Gasteiger partial charge on any atom is -0.486 e. The molecule has 1 rings (SSSR count). The smallest absolute Gasteiger partial charge is 0.127 e. The zero-order valence-electron chi connectivity index (χ0n) is 16.6. The molecule has 0 aromatic heterocycles. The summed E-state index contributed by atoms with van der Waals surface area (Å²) in [6.07, 6.45) is 24.5. The SMILES string of the molecule is C=C1OC(CCCCCCCCCCCCC)/C1=C/CCCCC. The Bertz CT molecular complexity index is 342. The lowest BCUT2D eigenvalue weighted by Gasteiger charge is -2.34. The van der Waals surface area contributed by atoms with Crippen LogP contribution in [0.15, 0.2) is 24.0 Å². The molecule has 0 N–H and O–H groups in total. The molecule has 1 nitrogen and oxygen atoms in total. The van der Waals surface area contributed by atoms with Gasteiger partial charge in [0.1, 0.15) is 11.9 Å². The maximum Gasteiger partial charge on any atom is 0.127 e. The minimum atomic E-state index is 0.359. The van der Waals surface area contributed by atoms with Crippen molar-refractivity contribution in [3.63, 3.8) is 0 Å². The van der Waals surface area contributed by atoms with Crippen LogP contribution in [-0.2, 0) is 4.74 Å². The number of rotatable bonds is 16. The van der Waals surface area contributed by atoms with E-state index in [0.717, 1.165) is 5.76 Å². The van der Waals surface area contributed by atoms with Crippen LogP contribution in [0.2, 0.25) is 0 Å². The van der Waals surface area contributed by atoms with Crippen molar-refractivity contribution in [2.24, 2.45) is 0 Å². The molecule has 1 aliphatic heterocycles. The zero-order chi connectivity index (χ0) is 17.5. The molecule has 1 saturated heterocycles. The van der Waals surface area contributed by atoms with Gasteiger partial charge >= 0.3 is 0 Å². The van der Waals surface area contributed by atoms with Crippen molar-refractivity contribution in [2.75, 3.05) is 0 Å². The second kappa shape index (κ2) is 14.6. The summed E-state index contributed by atoms with van der Waals surface area (Å²) in [5, 5.41) is 0. The number of allylic oxidation sites excluding steroid dienone is 1. The number of ether oxygens (including phenoxy) is 1. The fraction of sp³-hybridized carbons (Fsp3) is 0.826. The first-order valence-corrected chi connectivity index (χ1v) is 10.9. The molecule has 1 fully saturated rings. The molecule has 0 radical (unpaired) electrons. The Hall–Kier alpha value is -0.720. The monoisotopic (exact) mass is 334 g/mol. The van der Waals surface area contributed by atoms with E-state index in [-0.39, 0.29) is 0 Å². The maximum atomic E-state index is 5.74. The van der Waals surface area contributed by atoms with E-state index in [1.807, 2.05) is 0 Å². The minimum absolute atomic E-state index is 0.359. The number of unbranched alkanes of at least 4 members (excludes halogenated alkanes) is 13. The fourth-order valence-corrected chi connectivity index (χ4v) is 3.53. The lowest BCUT2D eigenvalue weighted by molar-refractivity contribution is 0.0744. The summed E-state index contributed by atoms with van der Waals surface area (Å²) in [7, 11) is 0. The Balaban J connectivity index is 1.92. The summed E-state index contributed by atoms with van der Waals surface area (Å²) in [5.74, 6) is 0.930. The van der Waals surface area contributed by atoms with Crippen molar-refractivity contribution in [1.29, 1.82) is 0 Å². The van der Waals surface area contributed by atoms with Gasteiger partial charge in [-0.25, -0.2) is 0 Å². The van der Waals surface area contributed by atoms with Gasteiger partial charge in [-0.15, -0.1) is 0 Å². The van der Waals surface area contributed by atoms with Gasteiger partial charge in [0.25, 0.3) is 0 Å². The van der Waals surface area contributed by atoms with Crippen LogP contribution in [0.4, 0.5) is 0 Å². The van der Waals surface area contributed by atoms with Crippen molar-refractivity contribution < 1.29 is 4.74 Å². The van der Waals surface area contributed by atoms with Gasteiger partial charge in [-0.1, -0.05) is 104 Å². The Morgan fingerprint density at radius 2 is 1.25 bits per heavy atom. The quantitative estimate of drug-likeness (QED) is 0.259. The topological polar surface area (TPSA) is 9.23 Å². The number of hydrogen-bond donors (Lipinski definition) is 0. The molecule has 24 heavy (non-hydrogen) atoms. The van der Waals surface area contributed by atoms with Crippen molar-refractivity contribution in [1.82, 2.24) is 0 Å². The van der Waals surface area contributed by atoms with E-state index in [1.54, 1.807) is 0 Å². The third-order valence-electron chi connectivity index (χ3n) is 5.20. The molecule has 0 amide bonds. The second-order valence-corrected chi connectivity index (χ2v) is 7.51. The highest BCUT2D eigenvalue weighted by Crippen LogP contribution is 2.34. The standard InChI is InChI=1S/C23H42O/c1-4-6-8-10-11-12-13-14-15-16-18-20-23-22(21(3)24-23)19-17-9-7-5-2/h19,23H,3-18,20H2,1-2H3/b22-19+. The van der Waals surface area contributed by atoms with Crippen LogP contribution >= 0.6 is 0 Å². The van der Waals surface area contributed by atoms with Crippen LogP contribution in [0, 0.1) is 0 Å². The van der Waals surface area contributed by atoms with Crippen LogP contribution < -0.4 is 0 Å². The first kappa shape index (κ1) is 21.3. The van der Waals surface area contributed by atoms with E-state index in [4.69, 9.17) is 4.74 Å². The largest absolute Gasteiger partial charge is 0.486 e. The third-order valence-corrected chi connectivity index (χ3v) is 5.20. The van der Waals surface area contributed by atoms with Crippen molar-refractivity contribution in [3.8, 4) is 0 Å². The molecule has 0 aromatic carbocycles. The van der Waals surface area contributed by atoms with E-state index >= 15 is 0 Å². The van der Waals surface area contributed by atoms with Crippen LogP contribution in [0.25, 0.3) is 0 Å². The van der Waals surface area contributed by atoms with Gasteiger partial charge in [0, 0.05) is 5.57 Å². The van der Waals surface area contributed by atoms with Crippen molar-refractivity contribution in [3.05, 3.63) is 24.0 Å². The summed E-state index contributed by atoms with van der Waals surface area (Å²) in [6.45, 7) is 8.55. The van der Waals surface area contributed by atoms with Gasteiger partial charge in [-0.2, -0.15) is 0 Å². The van der Waals surface area contributed by atoms with Gasteiger partial charge in [0.05, 0.1) is 0 Å². The van der Waals surface area contributed by atoms with Gasteiger partial charge in [-0.3, -0.25) is 0 Å². The Morgan fingerprint density at radius 3 is 1.79 bits per heavy atom. The number of hydrogen-bond acceptors (Lipinski definition) is 1. The van der Waals surface area contributed by atoms with Gasteiger partial charge < -0.3 is 4.74 Å². The Kier molecular flexibility index (Phi) is 13.0. The van der Waals surface area contributed by atoms with E-state index < -0.39 is 0 Å². The van der Waals surface area contributed by atoms with E-state index in [2.05, 4.69) is 26.5 Å². The molecule has 1 heterocycles. The van der Waals surface area contributed by atoms with Crippen LogP contribution in [-0.4, -0.2) is 6.10 Å². The fourth-order valence-electron chi connectivity index (χ4n) is 3.53. The average Bonchev–Trinajstić information content (AvgIpc) is 2.58. The molecule has 1 aliphatic rings. The summed E-state index contributed by atoms with van der Waals surface area (Å²) in [6, 6.07) is 0. The van der Waals surface area contributed by atoms with Crippen LogP contribution in [0.3, 0.4) is 0 Å². The summed E-state index contributed by atoms with van der Waals surface area (Å²) < 4.78 is 5.74. The van der Waals surface area contributed by atoms with Crippen LogP contribution in [0.5, 0.6) is 0 Å². The predicted octanol–water partition coefficient (Wildman–Crippen LogP) is 8.11. The highest BCUT2D eigenvalue weighted by atomic mass is 16.5. The summed E-state index contributed by atoms with van der Waals surface area (Å²) >= 11 is 0. The van der Waals surface area contributed by atoms with E-state index in [9.17, 15) is 0 Å². The molecule has 1 heteroatoms. The summed E-state index contributed by atoms with van der Waals surface area (Å²) in [4.78, 5) is 0. The van der Waals surface area contributed by atoms with E-state index in [0.29, 0.717) is 6.10 Å². The molecule has 0 aliphatic carbocycles. The Morgan fingerprint density at radius 1 is 0.750 bits per heavy atom. The van der Waals surface area contributed by atoms with Gasteiger partial charge in [-0.05, 0) is 25.7 Å². The molecule has 0 saturated carbocycles. The molecular weight excluding hydrogens is 292 g/mol. The van der Waals surface area contributed by atoms with Gasteiger partial charge in [0.15, 0.2) is 0 Å². The van der Waals surface area contributed by atoms with Crippen LogP contribution in [0.1, 0.15) is 117 Å². The zero-order valence-corrected chi connectivity index (χ0v) is 16.6. The Labute approximate surface area is 151 Å². The van der Waals surface area contributed by atoms with Crippen molar-refractivity contribution in [2.45, 2.75) is 123 Å². The first-order chi connectivity index (χ1) is 11.8. The maximum absolute atomic E-state index is 5.74. The van der Waals surface area contributed by atoms with E-state index in [1.165, 1.54) is 108 Å². The third kappa shape index (κ3) is 9.55. The first-order valence-electron chi connectivity index (χ1n) is 10.9. The second-order valence-electron chi connectivity index (χ2n) is 7.51. The molecule has 1 unspecified atom stereocenters. The molecule has 0 spiro atoms. The highest BCUT2D eigenvalue weighted by Gasteiger charge is 2.29. The van der Waals surface area contributed by atoms with Crippen molar-refractivity contribution >= 4 is 0 Å². The van der Waals surface area contributed by atoms with Gasteiger partial charge in [0.2, 0.25) is 0 Å². The molecule has 0 bridgehead atoms. The molecule has 1 atom stereocenters.